The molecule has 0 saturated carbocycles. The second-order valence-corrected chi connectivity index (χ2v) is 6.35. The fourth-order valence-corrected chi connectivity index (χ4v) is 2.70. The van der Waals surface area contributed by atoms with E-state index in [9.17, 15) is 9.59 Å². The van der Waals surface area contributed by atoms with Crippen molar-refractivity contribution in [2.24, 2.45) is 0 Å². The van der Waals surface area contributed by atoms with Gasteiger partial charge in [0.15, 0.2) is 0 Å². The van der Waals surface area contributed by atoms with Crippen LogP contribution in [-0.4, -0.2) is 50.5 Å². The lowest BCUT2D eigenvalue weighted by Crippen LogP contribution is -2.35. The van der Waals surface area contributed by atoms with Crippen molar-refractivity contribution in [1.29, 1.82) is 0 Å². The Bertz CT molecular complexity index is 929. The predicted octanol–water partition coefficient (Wildman–Crippen LogP) is 2.14. The van der Waals surface area contributed by atoms with E-state index >= 15 is 0 Å². The Morgan fingerprint density at radius 1 is 1.19 bits per heavy atom. The number of carbonyl (C=O) groups excluding carboxylic acids is 2. The molecule has 1 N–H and O–H groups in total. The molecule has 2 amide bonds. The van der Waals surface area contributed by atoms with Crippen LogP contribution in [0.4, 0.5) is 5.69 Å². The number of hydrogen-bond donors (Lipinski definition) is 1. The van der Waals surface area contributed by atoms with E-state index in [2.05, 4.69) is 36.8 Å². The molecule has 0 radical (unpaired) electrons. The first-order chi connectivity index (χ1) is 12.5. The van der Waals surface area contributed by atoms with Gasteiger partial charge in [0, 0.05) is 17.1 Å². The van der Waals surface area contributed by atoms with Crippen LogP contribution >= 0.6 is 15.9 Å². The van der Waals surface area contributed by atoms with Crippen LogP contribution in [0.1, 0.15) is 10.4 Å². The number of aromatic nitrogens is 4. The molecular formula is C17H15BrN6O2. The molecule has 0 bridgehead atoms. The summed E-state index contributed by atoms with van der Waals surface area (Å²) in [6.45, 7) is -0.0741. The molecule has 0 spiro atoms. The fourth-order valence-electron chi connectivity index (χ4n) is 2.32. The molecule has 3 rings (SSSR count). The van der Waals surface area contributed by atoms with E-state index in [1.54, 1.807) is 37.4 Å². The number of amides is 2. The summed E-state index contributed by atoms with van der Waals surface area (Å²) >= 11 is 3.37. The van der Waals surface area contributed by atoms with Crippen LogP contribution in [0.3, 0.4) is 0 Å². The maximum Gasteiger partial charge on any atom is 0.254 e. The van der Waals surface area contributed by atoms with E-state index in [4.69, 9.17) is 0 Å². The lowest BCUT2D eigenvalue weighted by molar-refractivity contribution is -0.116. The van der Waals surface area contributed by atoms with Crippen molar-refractivity contribution < 1.29 is 9.59 Å². The van der Waals surface area contributed by atoms with Crippen LogP contribution in [0.5, 0.6) is 0 Å². The number of anilines is 1. The third-order valence-corrected chi connectivity index (χ3v) is 4.27. The molecule has 0 unspecified atom stereocenters. The van der Waals surface area contributed by atoms with Crippen molar-refractivity contribution >= 4 is 33.4 Å². The Morgan fingerprint density at radius 3 is 2.73 bits per heavy atom. The van der Waals surface area contributed by atoms with Crippen molar-refractivity contribution in [1.82, 2.24) is 25.1 Å². The highest BCUT2D eigenvalue weighted by Gasteiger charge is 2.16. The maximum absolute atomic E-state index is 12.6. The predicted molar refractivity (Wildman–Crippen MR) is 98.9 cm³/mol. The smallest absolute Gasteiger partial charge is 0.254 e. The summed E-state index contributed by atoms with van der Waals surface area (Å²) in [7, 11) is 1.58. The first-order valence-corrected chi connectivity index (χ1v) is 8.47. The zero-order chi connectivity index (χ0) is 18.5. The van der Waals surface area contributed by atoms with Gasteiger partial charge in [-0.2, -0.15) is 0 Å². The molecule has 9 heteroatoms. The highest BCUT2D eigenvalue weighted by Crippen LogP contribution is 2.21. The van der Waals surface area contributed by atoms with Gasteiger partial charge < -0.3 is 10.2 Å². The average molecular weight is 415 g/mol. The highest BCUT2D eigenvalue weighted by atomic mass is 79.9. The van der Waals surface area contributed by atoms with E-state index in [-0.39, 0.29) is 18.4 Å². The monoisotopic (exact) mass is 414 g/mol. The molecule has 8 nitrogen and oxygen atoms in total. The number of halogens is 1. The molecule has 0 fully saturated rings. The van der Waals surface area contributed by atoms with Gasteiger partial charge in [0.05, 0.1) is 17.9 Å². The number of benzene rings is 2. The van der Waals surface area contributed by atoms with Gasteiger partial charge in [-0.1, -0.05) is 18.2 Å². The number of rotatable bonds is 5. The zero-order valence-corrected chi connectivity index (χ0v) is 15.4. The first kappa shape index (κ1) is 17.7. The molecule has 0 aliphatic rings. The van der Waals surface area contributed by atoms with Crippen LogP contribution in [0.2, 0.25) is 0 Å². The molecule has 1 heterocycles. The van der Waals surface area contributed by atoms with Crippen LogP contribution in [-0.2, 0) is 4.79 Å². The van der Waals surface area contributed by atoms with Gasteiger partial charge in [0.1, 0.15) is 6.33 Å². The minimum absolute atomic E-state index is 0.0741. The van der Waals surface area contributed by atoms with Crippen molar-refractivity contribution in [2.75, 3.05) is 18.9 Å². The van der Waals surface area contributed by atoms with Crippen molar-refractivity contribution in [3.8, 4) is 5.69 Å². The molecule has 26 heavy (non-hydrogen) atoms. The molecule has 0 aliphatic carbocycles. The summed E-state index contributed by atoms with van der Waals surface area (Å²) in [6, 6.07) is 14.1. The van der Waals surface area contributed by atoms with Crippen LogP contribution in [0.25, 0.3) is 5.69 Å². The summed E-state index contributed by atoms with van der Waals surface area (Å²) < 4.78 is 2.23. The molecule has 0 aliphatic heterocycles. The quantitative estimate of drug-likeness (QED) is 0.689. The van der Waals surface area contributed by atoms with Gasteiger partial charge in [-0.25, -0.2) is 4.68 Å². The second kappa shape index (κ2) is 7.87. The number of nitrogens with one attached hydrogen (secondary N) is 1. The third kappa shape index (κ3) is 4.12. The first-order valence-electron chi connectivity index (χ1n) is 7.68. The number of hydrogen-bond acceptors (Lipinski definition) is 5. The van der Waals surface area contributed by atoms with Gasteiger partial charge in [-0.05, 0) is 56.7 Å². The van der Waals surface area contributed by atoms with Crippen molar-refractivity contribution in [2.45, 2.75) is 0 Å². The minimum atomic E-state index is -0.288. The van der Waals surface area contributed by atoms with E-state index in [1.807, 2.05) is 18.2 Å². The van der Waals surface area contributed by atoms with E-state index in [0.29, 0.717) is 16.9 Å². The average Bonchev–Trinajstić information content (AvgIpc) is 3.18. The zero-order valence-electron chi connectivity index (χ0n) is 13.8. The van der Waals surface area contributed by atoms with Gasteiger partial charge >= 0.3 is 0 Å². The molecule has 0 atom stereocenters. The Labute approximate surface area is 157 Å². The summed E-state index contributed by atoms with van der Waals surface area (Å²) in [6.07, 6.45) is 1.44. The molecule has 2 aromatic carbocycles. The standard InChI is InChI=1S/C17H15BrN6O2/c1-23(10-16(25)20-15-8-3-2-7-14(15)18)17(26)12-5-4-6-13(9-12)24-11-19-21-22-24/h2-9,11H,10H2,1H3,(H,20,25). The minimum Gasteiger partial charge on any atom is -0.332 e. The van der Waals surface area contributed by atoms with Crippen molar-refractivity contribution in [3.05, 3.63) is 64.9 Å². The van der Waals surface area contributed by atoms with Crippen molar-refractivity contribution in [3.63, 3.8) is 0 Å². The summed E-state index contributed by atoms with van der Waals surface area (Å²) in [5.41, 5.74) is 1.75. The Morgan fingerprint density at radius 2 is 2.00 bits per heavy atom. The normalized spacial score (nSPS) is 10.4. The lowest BCUT2D eigenvalue weighted by Gasteiger charge is -2.17. The van der Waals surface area contributed by atoms with Gasteiger partial charge in [-0.15, -0.1) is 5.10 Å². The summed E-state index contributed by atoms with van der Waals surface area (Å²) in [5, 5.41) is 13.7. The molecule has 1 aromatic heterocycles. The van der Waals surface area contributed by atoms with Gasteiger partial charge in [0.25, 0.3) is 5.91 Å². The number of tetrazole rings is 1. The maximum atomic E-state index is 12.6. The fraction of sp³-hybridized carbons (Fsp3) is 0.118. The van der Waals surface area contributed by atoms with Gasteiger partial charge in [0.2, 0.25) is 5.91 Å². The lowest BCUT2D eigenvalue weighted by atomic mass is 10.2. The molecule has 132 valence electrons. The SMILES string of the molecule is CN(CC(=O)Nc1ccccc1Br)C(=O)c1cccc(-n2cnnn2)c1. The number of likely N-dealkylation sites (N-methyl/N-ethyl adjacent to an activating group) is 1. The topological polar surface area (TPSA) is 93.0 Å². The highest BCUT2D eigenvalue weighted by molar-refractivity contribution is 9.10. The Kier molecular flexibility index (Phi) is 5.37. The summed E-state index contributed by atoms with van der Waals surface area (Å²) in [4.78, 5) is 26.2. The van der Waals surface area contributed by atoms with Crippen LogP contribution in [0.15, 0.2) is 59.3 Å². The van der Waals surface area contributed by atoms with E-state index < -0.39 is 0 Å². The summed E-state index contributed by atoms with van der Waals surface area (Å²) in [5.74, 6) is -0.563. The molecule has 3 aromatic rings. The largest absolute Gasteiger partial charge is 0.332 e. The van der Waals surface area contributed by atoms with Crippen LogP contribution < -0.4 is 5.32 Å². The second-order valence-electron chi connectivity index (χ2n) is 5.49. The number of para-hydroxylation sites is 1. The molecule has 0 saturated heterocycles. The number of carbonyl (C=O) groups is 2. The van der Waals surface area contributed by atoms with E-state index in [1.165, 1.54) is 15.9 Å². The Hall–Kier alpha value is -3.07. The number of nitrogens with zero attached hydrogens (tertiary/aromatic N) is 5. The van der Waals surface area contributed by atoms with Crippen LogP contribution in [0, 0.1) is 0 Å². The Balaban J connectivity index is 1.67. The third-order valence-electron chi connectivity index (χ3n) is 3.58. The van der Waals surface area contributed by atoms with E-state index in [0.717, 1.165) is 4.47 Å². The van der Waals surface area contributed by atoms with Gasteiger partial charge in [-0.3, -0.25) is 9.59 Å². The molecular weight excluding hydrogens is 400 g/mol.